The van der Waals surface area contributed by atoms with Gasteiger partial charge in [0, 0.05) is 11.1 Å². The molecule has 1 aromatic heterocycles. The van der Waals surface area contributed by atoms with Crippen molar-refractivity contribution < 1.29 is 4.42 Å². The first-order valence-electron chi connectivity index (χ1n) is 5.94. The smallest absolute Gasteiger partial charge is 0.181 e. The highest BCUT2D eigenvalue weighted by molar-refractivity contribution is 5.67. The average Bonchev–Trinajstić information content (AvgIpc) is 2.89. The summed E-state index contributed by atoms with van der Waals surface area (Å²) in [6, 6.07) is 6.20. The van der Waals surface area contributed by atoms with Crippen LogP contribution in [0.25, 0.3) is 11.3 Å². The number of benzene rings is 1. The van der Waals surface area contributed by atoms with E-state index in [-0.39, 0.29) is 0 Å². The summed E-state index contributed by atoms with van der Waals surface area (Å²) < 4.78 is 5.36. The van der Waals surface area contributed by atoms with Crippen LogP contribution >= 0.6 is 0 Å². The Kier molecular flexibility index (Phi) is 3.81. The van der Waals surface area contributed by atoms with E-state index in [1.807, 2.05) is 6.07 Å². The van der Waals surface area contributed by atoms with Gasteiger partial charge in [-0.3, -0.25) is 0 Å². The Hall–Kier alpha value is -2.05. The second-order valence-corrected chi connectivity index (χ2v) is 4.33. The van der Waals surface area contributed by atoms with Crippen molar-refractivity contribution in [2.24, 2.45) is 5.73 Å². The molecule has 1 aromatic carbocycles. The third-order valence-electron chi connectivity index (χ3n) is 2.73. The number of rotatable bonds is 2. The lowest BCUT2D eigenvalue weighted by molar-refractivity contribution is 0.571. The molecule has 0 saturated heterocycles. The highest BCUT2D eigenvalue weighted by Crippen LogP contribution is 2.27. The molecule has 0 saturated carbocycles. The molecule has 2 rings (SSSR count). The van der Waals surface area contributed by atoms with Crippen LogP contribution in [0, 0.1) is 11.8 Å². The third-order valence-corrected chi connectivity index (χ3v) is 2.73. The van der Waals surface area contributed by atoms with Gasteiger partial charge in [0.05, 0.1) is 12.7 Å². The van der Waals surface area contributed by atoms with Crippen LogP contribution in [0.15, 0.2) is 35.2 Å². The van der Waals surface area contributed by atoms with Crippen molar-refractivity contribution in [2.75, 3.05) is 6.54 Å². The molecule has 0 aliphatic rings. The fraction of sp³-hybridized carbons (Fsp3) is 0.267. The fourth-order valence-corrected chi connectivity index (χ4v) is 1.73. The summed E-state index contributed by atoms with van der Waals surface area (Å²) in [4.78, 5) is 3.95. The molecule has 0 bridgehead atoms. The normalized spacial score (nSPS) is 10.2. The summed E-state index contributed by atoms with van der Waals surface area (Å²) in [5.74, 6) is 7.13. The first kappa shape index (κ1) is 12.4. The van der Waals surface area contributed by atoms with E-state index in [9.17, 15) is 0 Å². The van der Waals surface area contributed by atoms with Gasteiger partial charge in [0.2, 0.25) is 0 Å². The third kappa shape index (κ3) is 2.61. The van der Waals surface area contributed by atoms with E-state index in [1.54, 1.807) is 6.20 Å². The van der Waals surface area contributed by atoms with E-state index in [0.717, 1.165) is 16.9 Å². The lowest BCUT2D eigenvalue weighted by Gasteiger charge is -2.08. The summed E-state index contributed by atoms with van der Waals surface area (Å²) in [6.45, 7) is 4.66. The predicted octanol–water partition coefficient (Wildman–Crippen LogP) is 2.78. The molecule has 0 radical (unpaired) electrons. The van der Waals surface area contributed by atoms with Gasteiger partial charge in [-0.25, -0.2) is 4.98 Å². The van der Waals surface area contributed by atoms with Gasteiger partial charge in [-0.05, 0) is 23.6 Å². The Morgan fingerprint density at radius 3 is 2.83 bits per heavy atom. The van der Waals surface area contributed by atoms with Crippen LogP contribution in [0.5, 0.6) is 0 Å². The van der Waals surface area contributed by atoms with Crippen LogP contribution in [0.2, 0.25) is 0 Å². The molecule has 0 aliphatic heterocycles. The van der Waals surface area contributed by atoms with Gasteiger partial charge in [-0.1, -0.05) is 31.8 Å². The second kappa shape index (κ2) is 5.52. The van der Waals surface area contributed by atoms with Gasteiger partial charge >= 0.3 is 0 Å². The van der Waals surface area contributed by atoms with Crippen molar-refractivity contribution in [3.05, 3.63) is 41.9 Å². The fourth-order valence-electron chi connectivity index (χ4n) is 1.73. The van der Waals surface area contributed by atoms with E-state index in [2.05, 4.69) is 42.8 Å². The van der Waals surface area contributed by atoms with Crippen LogP contribution in [0.1, 0.15) is 30.9 Å². The van der Waals surface area contributed by atoms with Gasteiger partial charge in [0.15, 0.2) is 12.2 Å². The Balaban J connectivity index is 2.54. The zero-order valence-electron chi connectivity index (χ0n) is 10.6. The van der Waals surface area contributed by atoms with Gasteiger partial charge in [0.25, 0.3) is 0 Å². The average molecular weight is 240 g/mol. The summed E-state index contributed by atoms with van der Waals surface area (Å²) >= 11 is 0. The van der Waals surface area contributed by atoms with Crippen LogP contribution < -0.4 is 5.73 Å². The van der Waals surface area contributed by atoms with Crippen molar-refractivity contribution in [2.45, 2.75) is 19.8 Å². The van der Waals surface area contributed by atoms with E-state index in [4.69, 9.17) is 10.2 Å². The van der Waals surface area contributed by atoms with Crippen LogP contribution in [-0.2, 0) is 0 Å². The minimum absolute atomic E-state index is 0.349. The standard InChI is InChI=1S/C15H16N2O/c1-11(2)13-6-5-12(4-3-7-16)14(8-13)15-9-17-10-18-15/h5-6,8-11H,7,16H2,1-2H3. The molecule has 2 aromatic rings. The molecule has 92 valence electrons. The largest absolute Gasteiger partial charge is 0.443 e. The van der Waals surface area contributed by atoms with Crippen molar-refractivity contribution in [3.63, 3.8) is 0 Å². The number of aromatic nitrogens is 1. The van der Waals surface area contributed by atoms with Crippen molar-refractivity contribution in [1.29, 1.82) is 0 Å². The number of hydrogen-bond acceptors (Lipinski definition) is 3. The molecule has 0 spiro atoms. The first-order valence-corrected chi connectivity index (χ1v) is 5.94. The highest BCUT2D eigenvalue weighted by Gasteiger charge is 2.09. The molecule has 0 amide bonds. The topological polar surface area (TPSA) is 52.0 Å². The monoisotopic (exact) mass is 240 g/mol. The Morgan fingerprint density at radius 2 is 2.22 bits per heavy atom. The summed E-state index contributed by atoms with van der Waals surface area (Å²) in [5.41, 5.74) is 8.55. The summed E-state index contributed by atoms with van der Waals surface area (Å²) in [7, 11) is 0. The SMILES string of the molecule is CC(C)c1ccc(C#CCN)c(-c2cnco2)c1. The molecule has 3 heteroatoms. The quantitative estimate of drug-likeness (QED) is 0.821. The molecule has 0 aliphatic carbocycles. The maximum atomic E-state index is 5.41. The van der Waals surface area contributed by atoms with Crippen molar-refractivity contribution >= 4 is 0 Å². The number of hydrogen-bond donors (Lipinski definition) is 1. The maximum absolute atomic E-state index is 5.41. The number of nitrogens with two attached hydrogens (primary N) is 1. The van der Waals surface area contributed by atoms with Crippen LogP contribution in [-0.4, -0.2) is 11.5 Å². The van der Waals surface area contributed by atoms with Crippen molar-refractivity contribution in [3.8, 4) is 23.2 Å². The minimum atomic E-state index is 0.349. The summed E-state index contributed by atoms with van der Waals surface area (Å²) in [6.07, 6.45) is 3.13. The van der Waals surface area contributed by atoms with E-state index in [1.165, 1.54) is 12.0 Å². The molecule has 1 heterocycles. The molecule has 3 nitrogen and oxygen atoms in total. The number of oxazole rings is 1. The predicted molar refractivity (Wildman–Crippen MR) is 72.0 cm³/mol. The lowest BCUT2D eigenvalue weighted by Crippen LogP contribution is -1.94. The number of nitrogens with zero attached hydrogens (tertiary/aromatic N) is 1. The molecule has 0 fully saturated rings. The summed E-state index contributed by atoms with van der Waals surface area (Å²) in [5, 5.41) is 0. The van der Waals surface area contributed by atoms with Crippen LogP contribution in [0.3, 0.4) is 0 Å². The Labute approximate surface area is 107 Å². The first-order chi connectivity index (χ1) is 8.72. The molecule has 2 N–H and O–H groups in total. The van der Waals surface area contributed by atoms with E-state index >= 15 is 0 Å². The van der Waals surface area contributed by atoms with Crippen LogP contribution in [0.4, 0.5) is 0 Å². The zero-order chi connectivity index (χ0) is 13.0. The van der Waals surface area contributed by atoms with Crippen molar-refractivity contribution in [1.82, 2.24) is 4.98 Å². The van der Waals surface area contributed by atoms with E-state index < -0.39 is 0 Å². The highest BCUT2D eigenvalue weighted by atomic mass is 16.3. The molecular formula is C15H16N2O. The van der Waals surface area contributed by atoms with Gasteiger partial charge in [-0.15, -0.1) is 0 Å². The van der Waals surface area contributed by atoms with Gasteiger partial charge < -0.3 is 10.2 Å². The molecular weight excluding hydrogens is 224 g/mol. The molecule has 0 unspecified atom stereocenters. The van der Waals surface area contributed by atoms with Gasteiger partial charge in [-0.2, -0.15) is 0 Å². The molecule has 18 heavy (non-hydrogen) atoms. The zero-order valence-corrected chi connectivity index (χ0v) is 10.6. The maximum Gasteiger partial charge on any atom is 0.181 e. The van der Waals surface area contributed by atoms with E-state index in [0.29, 0.717) is 12.5 Å². The second-order valence-electron chi connectivity index (χ2n) is 4.33. The minimum Gasteiger partial charge on any atom is -0.443 e. The van der Waals surface area contributed by atoms with Gasteiger partial charge in [0.1, 0.15) is 0 Å². The Morgan fingerprint density at radius 1 is 1.39 bits per heavy atom. The molecule has 0 atom stereocenters. The Bertz CT molecular complexity index is 574. The lowest BCUT2D eigenvalue weighted by atomic mass is 9.96.